The van der Waals surface area contributed by atoms with Crippen LogP contribution in [0.5, 0.6) is 0 Å². The Kier molecular flexibility index (Phi) is 11.9. The fourth-order valence-electron chi connectivity index (χ4n) is 2.49. The lowest BCUT2D eigenvalue weighted by molar-refractivity contribution is -0.676. The van der Waals surface area contributed by atoms with Crippen molar-refractivity contribution in [3.05, 3.63) is 42.2 Å². The summed E-state index contributed by atoms with van der Waals surface area (Å²) in [7, 11) is 4.23. The highest BCUT2D eigenvalue weighted by Gasteiger charge is 2.14. The molecule has 2 aromatic heterocycles. The van der Waals surface area contributed by atoms with E-state index in [4.69, 9.17) is 0 Å². The molecule has 2 heterocycles. The van der Waals surface area contributed by atoms with Crippen molar-refractivity contribution in [2.24, 2.45) is 14.1 Å². The maximum Gasteiger partial charge on any atom is 0.202 e. The molecule has 0 saturated carbocycles. The summed E-state index contributed by atoms with van der Waals surface area (Å²) >= 11 is 0. The summed E-state index contributed by atoms with van der Waals surface area (Å²) in [6.45, 7) is 14.2. The fourth-order valence-corrected chi connectivity index (χ4v) is 2.49. The zero-order chi connectivity index (χ0) is 17.3. The fraction of sp³-hybridized carbons (Fsp3) is 0.476. The number of aryl methyl sites for hydroxylation is 3. The van der Waals surface area contributed by atoms with E-state index in [1.165, 1.54) is 27.5 Å². The van der Waals surface area contributed by atoms with Gasteiger partial charge in [-0.3, -0.25) is 0 Å². The van der Waals surface area contributed by atoms with Gasteiger partial charge in [-0.25, -0.2) is 4.57 Å². The molecule has 0 aliphatic heterocycles. The summed E-state index contributed by atoms with van der Waals surface area (Å²) in [5, 5.41) is 2.68. The second kappa shape index (κ2) is 11.7. The normalized spacial score (nSPS) is 8.74. The Labute approximate surface area is 143 Å². The van der Waals surface area contributed by atoms with Crippen molar-refractivity contribution in [3.8, 4) is 0 Å². The standard InChI is InChI=1S/C14H15N2.3C2H6.CH4/c1-10-14-12(8-9-15(10)2)11-6-4-5-7-13(11)16(14)3;3*1-2;/h4-9H,1-3H3;3*1-2H3;1H4/q+1;;;;. The van der Waals surface area contributed by atoms with Gasteiger partial charge in [0.15, 0.2) is 6.20 Å². The van der Waals surface area contributed by atoms with Gasteiger partial charge < -0.3 is 4.57 Å². The van der Waals surface area contributed by atoms with E-state index in [2.05, 4.69) is 66.7 Å². The summed E-state index contributed by atoms with van der Waals surface area (Å²) in [5.41, 5.74) is 3.93. The molecule has 0 bridgehead atoms. The third-order valence-corrected chi connectivity index (χ3v) is 3.48. The monoisotopic (exact) mass is 317 g/mol. The summed E-state index contributed by atoms with van der Waals surface area (Å²) in [4.78, 5) is 0. The Morgan fingerprint density at radius 2 is 1.35 bits per heavy atom. The third kappa shape index (κ3) is 4.57. The number of aromatic nitrogens is 2. The molecule has 0 saturated heterocycles. The maximum atomic E-state index is 2.28. The van der Waals surface area contributed by atoms with E-state index < -0.39 is 0 Å². The van der Waals surface area contributed by atoms with E-state index in [1.54, 1.807) is 0 Å². The quantitative estimate of drug-likeness (QED) is 0.438. The van der Waals surface area contributed by atoms with Crippen LogP contribution in [0.4, 0.5) is 0 Å². The molecule has 0 amide bonds. The Morgan fingerprint density at radius 3 is 1.91 bits per heavy atom. The first-order chi connectivity index (χ1) is 10.7. The number of fused-ring (bicyclic) bond motifs is 3. The van der Waals surface area contributed by atoms with Crippen LogP contribution < -0.4 is 4.57 Å². The maximum absolute atomic E-state index is 2.28. The molecule has 2 nitrogen and oxygen atoms in total. The zero-order valence-electron chi connectivity index (χ0n) is 15.9. The van der Waals surface area contributed by atoms with Crippen LogP contribution in [0, 0.1) is 6.92 Å². The van der Waals surface area contributed by atoms with Crippen LogP contribution >= 0.6 is 0 Å². The van der Waals surface area contributed by atoms with Crippen molar-refractivity contribution in [3.63, 3.8) is 0 Å². The highest BCUT2D eigenvalue weighted by molar-refractivity contribution is 6.08. The first-order valence-electron chi connectivity index (χ1n) is 8.52. The van der Waals surface area contributed by atoms with Gasteiger partial charge in [-0.15, -0.1) is 0 Å². The lowest BCUT2D eigenvalue weighted by Crippen LogP contribution is -2.31. The summed E-state index contributed by atoms with van der Waals surface area (Å²) < 4.78 is 4.45. The SMILES string of the molecule is C.CC.CC.CC.Cc1c2c(cc[n+]1C)c1ccccc1n2C. The van der Waals surface area contributed by atoms with Crippen molar-refractivity contribution in [2.75, 3.05) is 0 Å². The Hall–Kier alpha value is -1.83. The molecule has 0 atom stereocenters. The molecule has 0 N–H and O–H groups in total. The molecule has 0 unspecified atom stereocenters. The van der Waals surface area contributed by atoms with Crippen molar-refractivity contribution in [1.29, 1.82) is 0 Å². The van der Waals surface area contributed by atoms with E-state index in [-0.39, 0.29) is 7.43 Å². The molecule has 23 heavy (non-hydrogen) atoms. The Bertz CT molecular complexity index is 694. The molecular weight excluding hydrogens is 280 g/mol. The van der Waals surface area contributed by atoms with Gasteiger partial charge in [0.05, 0.1) is 0 Å². The summed E-state index contributed by atoms with van der Waals surface area (Å²) in [6.07, 6.45) is 2.13. The van der Waals surface area contributed by atoms with Gasteiger partial charge in [-0.1, -0.05) is 67.2 Å². The second-order valence-corrected chi connectivity index (χ2v) is 4.35. The van der Waals surface area contributed by atoms with Crippen molar-refractivity contribution < 1.29 is 4.57 Å². The van der Waals surface area contributed by atoms with Crippen LogP contribution in [0.15, 0.2) is 36.5 Å². The highest BCUT2D eigenvalue weighted by Crippen LogP contribution is 2.28. The van der Waals surface area contributed by atoms with Crippen molar-refractivity contribution in [1.82, 2.24) is 4.57 Å². The molecule has 0 spiro atoms. The summed E-state index contributed by atoms with van der Waals surface area (Å²) in [6, 6.07) is 10.8. The van der Waals surface area contributed by atoms with Crippen LogP contribution in [0.25, 0.3) is 21.8 Å². The molecule has 0 aliphatic carbocycles. The third-order valence-electron chi connectivity index (χ3n) is 3.48. The topological polar surface area (TPSA) is 8.81 Å². The minimum atomic E-state index is 0. The number of benzene rings is 1. The van der Waals surface area contributed by atoms with Crippen LogP contribution in [-0.2, 0) is 14.1 Å². The average molecular weight is 318 g/mol. The van der Waals surface area contributed by atoms with Crippen LogP contribution in [0.1, 0.15) is 54.7 Å². The Balaban J connectivity index is 0. The smallest absolute Gasteiger partial charge is 0.202 e. The first kappa shape index (κ1) is 23.4. The molecule has 3 rings (SSSR count). The minimum Gasteiger partial charge on any atom is -0.338 e. The second-order valence-electron chi connectivity index (χ2n) is 4.35. The minimum absolute atomic E-state index is 0. The molecule has 0 aliphatic rings. The van der Waals surface area contributed by atoms with E-state index >= 15 is 0 Å². The van der Waals surface area contributed by atoms with Gasteiger partial charge in [0, 0.05) is 36.3 Å². The van der Waals surface area contributed by atoms with E-state index in [0.29, 0.717) is 0 Å². The van der Waals surface area contributed by atoms with Gasteiger partial charge in [0.2, 0.25) is 5.69 Å². The molecule has 1 aromatic carbocycles. The number of hydrogen-bond donors (Lipinski definition) is 0. The number of pyridine rings is 1. The van der Waals surface area contributed by atoms with Gasteiger partial charge >= 0.3 is 0 Å². The number of nitrogens with zero attached hydrogens (tertiary/aromatic N) is 2. The van der Waals surface area contributed by atoms with E-state index in [0.717, 1.165) is 0 Å². The molecule has 2 heteroatoms. The molecular formula is C21H37N2+. The van der Waals surface area contributed by atoms with Gasteiger partial charge in [0.25, 0.3) is 0 Å². The van der Waals surface area contributed by atoms with Crippen LogP contribution in [-0.4, -0.2) is 4.57 Å². The largest absolute Gasteiger partial charge is 0.338 e. The molecule has 0 fully saturated rings. The number of rotatable bonds is 0. The van der Waals surface area contributed by atoms with E-state index in [1.807, 2.05) is 41.5 Å². The van der Waals surface area contributed by atoms with Crippen molar-refractivity contribution in [2.45, 2.75) is 55.9 Å². The van der Waals surface area contributed by atoms with Crippen LogP contribution in [0.3, 0.4) is 0 Å². The average Bonchev–Trinajstić information content (AvgIpc) is 2.90. The predicted octanol–water partition coefficient (Wildman–Crippen LogP) is 6.18. The lowest BCUT2D eigenvalue weighted by Gasteiger charge is -1.99. The molecule has 0 radical (unpaired) electrons. The zero-order valence-corrected chi connectivity index (χ0v) is 15.9. The Morgan fingerprint density at radius 1 is 0.826 bits per heavy atom. The molecule has 3 aromatic rings. The number of hydrogen-bond acceptors (Lipinski definition) is 0. The van der Waals surface area contributed by atoms with Gasteiger partial charge in [0.1, 0.15) is 12.6 Å². The van der Waals surface area contributed by atoms with Crippen LogP contribution in [0.2, 0.25) is 0 Å². The van der Waals surface area contributed by atoms with Gasteiger partial charge in [-0.05, 0) is 6.07 Å². The molecule has 130 valence electrons. The van der Waals surface area contributed by atoms with E-state index in [9.17, 15) is 0 Å². The lowest BCUT2D eigenvalue weighted by atomic mass is 10.2. The predicted molar refractivity (Wildman–Crippen MR) is 107 cm³/mol. The summed E-state index contributed by atoms with van der Waals surface area (Å²) in [5.74, 6) is 0. The van der Waals surface area contributed by atoms with Crippen molar-refractivity contribution >= 4 is 21.8 Å². The highest BCUT2D eigenvalue weighted by atomic mass is 15.0. The number of para-hydroxylation sites is 1. The first-order valence-corrected chi connectivity index (χ1v) is 8.52. The van der Waals surface area contributed by atoms with Gasteiger partial charge in [-0.2, -0.15) is 0 Å².